The third kappa shape index (κ3) is 3.07. The zero-order valence-corrected chi connectivity index (χ0v) is 10.2. The SMILES string of the molecule is C=CC(=O)O[C@@H]1[C@H](OC(C)=O)[C@H](C=C)O[C@@H]1C=C. The number of carbonyl (C=O) groups is 2. The summed E-state index contributed by atoms with van der Waals surface area (Å²) in [5.74, 6) is -1.10. The molecule has 1 aliphatic heterocycles. The van der Waals surface area contributed by atoms with Crippen LogP contribution in [-0.4, -0.2) is 36.4 Å². The van der Waals surface area contributed by atoms with Crippen molar-refractivity contribution in [3.8, 4) is 0 Å². The molecule has 1 heterocycles. The van der Waals surface area contributed by atoms with Crippen molar-refractivity contribution in [3.63, 3.8) is 0 Å². The smallest absolute Gasteiger partial charge is 0.330 e. The van der Waals surface area contributed by atoms with E-state index in [2.05, 4.69) is 19.7 Å². The van der Waals surface area contributed by atoms with Crippen molar-refractivity contribution in [1.82, 2.24) is 0 Å². The van der Waals surface area contributed by atoms with E-state index in [4.69, 9.17) is 14.2 Å². The van der Waals surface area contributed by atoms with Gasteiger partial charge in [0.05, 0.1) is 0 Å². The van der Waals surface area contributed by atoms with Gasteiger partial charge in [-0.15, -0.1) is 13.2 Å². The summed E-state index contributed by atoms with van der Waals surface area (Å²) in [5, 5.41) is 0. The predicted octanol–water partition coefficient (Wildman–Crippen LogP) is 1.16. The zero-order valence-electron chi connectivity index (χ0n) is 10.2. The predicted molar refractivity (Wildman–Crippen MR) is 64.7 cm³/mol. The highest BCUT2D eigenvalue weighted by Crippen LogP contribution is 2.28. The van der Waals surface area contributed by atoms with Crippen molar-refractivity contribution >= 4 is 11.9 Å². The summed E-state index contributed by atoms with van der Waals surface area (Å²) >= 11 is 0. The Hall–Kier alpha value is -1.88. The minimum Gasteiger partial charge on any atom is -0.455 e. The van der Waals surface area contributed by atoms with Gasteiger partial charge in [0, 0.05) is 13.0 Å². The summed E-state index contributed by atoms with van der Waals surface area (Å²) in [6, 6.07) is 0. The van der Waals surface area contributed by atoms with Gasteiger partial charge in [0.15, 0.2) is 12.2 Å². The Kier molecular flexibility index (Phi) is 4.85. The van der Waals surface area contributed by atoms with Crippen LogP contribution >= 0.6 is 0 Å². The molecule has 0 aromatic rings. The molecule has 1 aliphatic rings. The third-order valence-corrected chi connectivity index (χ3v) is 2.47. The van der Waals surface area contributed by atoms with Crippen LogP contribution in [0.1, 0.15) is 6.92 Å². The van der Waals surface area contributed by atoms with Gasteiger partial charge < -0.3 is 14.2 Å². The van der Waals surface area contributed by atoms with Crippen LogP contribution in [0.5, 0.6) is 0 Å². The Morgan fingerprint density at radius 3 is 1.94 bits per heavy atom. The van der Waals surface area contributed by atoms with Gasteiger partial charge in [-0.3, -0.25) is 4.79 Å². The van der Waals surface area contributed by atoms with Gasteiger partial charge in [-0.25, -0.2) is 4.79 Å². The van der Waals surface area contributed by atoms with Gasteiger partial charge in [0.1, 0.15) is 12.2 Å². The molecule has 5 nitrogen and oxygen atoms in total. The van der Waals surface area contributed by atoms with E-state index in [0.717, 1.165) is 6.08 Å². The molecule has 0 spiro atoms. The minimum absolute atomic E-state index is 0.486. The highest BCUT2D eigenvalue weighted by molar-refractivity contribution is 5.81. The molecule has 5 heteroatoms. The fourth-order valence-corrected chi connectivity index (χ4v) is 1.73. The lowest BCUT2D eigenvalue weighted by molar-refractivity contribution is -0.161. The molecule has 0 bridgehead atoms. The molecule has 1 rings (SSSR count). The van der Waals surface area contributed by atoms with Crippen molar-refractivity contribution < 1.29 is 23.8 Å². The lowest BCUT2D eigenvalue weighted by Crippen LogP contribution is -2.38. The van der Waals surface area contributed by atoms with Gasteiger partial charge in [0.25, 0.3) is 0 Å². The van der Waals surface area contributed by atoms with Gasteiger partial charge in [-0.1, -0.05) is 18.7 Å². The lowest BCUT2D eigenvalue weighted by Gasteiger charge is -2.21. The maximum absolute atomic E-state index is 11.3. The molecule has 0 aromatic heterocycles. The van der Waals surface area contributed by atoms with Gasteiger partial charge >= 0.3 is 11.9 Å². The Morgan fingerprint density at radius 2 is 1.56 bits per heavy atom. The quantitative estimate of drug-likeness (QED) is 0.417. The molecule has 0 radical (unpaired) electrons. The molecule has 0 amide bonds. The molecule has 0 aromatic carbocycles. The average molecular weight is 252 g/mol. The number of carbonyl (C=O) groups excluding carboxylic acids is 2. The molecule has 0 N–H and O–H groups in total. The second-order valence-corrected chi connectivity index (χ2v) is 3.72. The summed E-state index contributed by atoms with van der Waals surface area (Å²) in [6.45, 7) is 11.8. The second kappa shape index (κ2) is 6.16. The molecule has 18 heavy (non-hydrogen) atoms. The fourth-order valence-electron chi connectivity index (χ4n) is 1.73. The Labute approximate surface area is 106 Å². The van der Waals surface area contributed by atoms with E-state index in [1.165, 1.54) is 19.1 Å². The first-order valence-electron chi connectivity index (χ1n) is 5.44. The number of esters is 2. The highest BCUT2D eigenvalue weighted by Gasteiger charge is 2.46. The number of rotatable bonds is 5. The Morgan fingerprint density at radius 1 is 1.06 bits per heavy atom. The lowest BCUT2D eigenvalue weighted by atomic mass is 10.1. The summed E-state index contributed by atoms with van der Waals surface area (Å²) in [7, 11) is 0. The van der Waals surface area contributed by atoms with E-state index in [0.29, 0.717) is 0 Å². The molecule has 4 atom stereocenters. The maximum atomic E-state index is 11.3. The minimum atomic E-state index is -0.750. The molecule has 0 unspecified atom stereocenters. The molecule has 0 saturated carbocycles. The van der Waals surface area contributed by atoms with Crippen LogP contribution in [0.4, 0.5) is 0 Å². The summed E-state index contributed by atoms with van der Waals surface area (Å²) in [5.41, 5.74) is 0. The van der Waals surface area contributed by atoms with Crippen molar-refractivity contribution in [2.45, 2.75) is 31.3 Å². The van der Waals surface area contributed by atoms with Crippen molar-refractivity contribution in [2.24, 2.45) is 0 Å². The standard InChI is InChI=1S/C13H16O5/c1-5-9-12(16-8(4)14)13(10(6-2)17-9)18-11(15)7-3/h5-7,9-10,12-13H,1-3H2,4H3/t9-,10+,12+,13-/m0/s1. The van der Waals surface area contributed by atoms with Crippen LogP contribution in [-0.2, 0) is 23.8 Å². The third-order valence-electron chi connectivity index (χ3n) is 2.47. The molecule has 1 saturated heterocycles. The number of hydrogen-bond donors (Lipinski definition) is 0. The van der Waals surface area contributed by atoms with E-state index in [-0.39, 0.29) is 0 Å². The van der Waals surface area contributed by atoms with Gasteiger partial charge in [-0.2, -0.15) is 0 Å². The molecular weight excluding hydrogens is 236 g/mol. The van der Waals surface area contributed by atoms with Gasteiger partial charge in [0.2, 0.25) is 0 Å². The van der Waals surface area contributed by atoms with Gasteiger partial charge in [-0.05, 0) is 0 Å². The molecular formula is C13H16O5. The average Bonchev–Trinajstić information content (AvgIpc) is 2.66. The Balaban J connectivity index is 2.92. The topological polar surface area (TPSA) is 61.8 Å². The van der Waals surface area contributed by atoms with Crippen LogP contribution in [0.2, 0.25) is 0 Å². The molecule has 0 aliphatic carbocycles. The van der Waals surface area contributed by atoms with E-state index in [1.807, 2.05) is 0 Å². The van der Waals surface area contributed by atoms with E-state index >= 15 is 0 Å². The Bertz CT molecular complexity index is 374. The first-order chi connectivity index (χ1) is 8.53. The van der Waals surface area contributed by atoms with E-state index in [9.17, 15) is 9.59 Å². The number of hydrogen-bond acceptors (Lipinski definition) is 5. The van der Waals surface area contributed by atoms with Crippen molar-refractivity contribution in [1.29, 1.82) is 0 Å². The summed E-state index contributed by atoms with van der Waals surface area (Å²) < 4.78 is 15.7. The van der Waals surface area contributed by atoms with Crippen LogP contribution in [0.3, 0.4) is 0 Å². The monoisotopic (exact) mass is 252 g/mol. The van der Waals surface area contributed by atoms with Crippen LogP contribution in [0.15, 0.2) is 38.0 Å². The van der Waals surface area contributed by atoms with E-state index < -0.39 is 36.4 Å². The first-order valence-corrected chi connectivity index (χ1v) is 5.44. The van der Waals surface area contributed by atoms with Crippen LogP contribution < -0.4 is 0 Å². The molecule has 1 fully saturated rings. The normalized spacial score (nSPS) is 30.3. The van der Waals surface area contributed by atoms with E-state index in [1.54, 1.807) is 0 Å². The largest absolute Gasteiger partial charge is 0.455 e. The van der Waals surface area contributed by atoms with Crippen molar-refractivity contribution in [3.05, 3.63) is 38.0 Å². The van der Waals surface area contributed by atoms with Crippen LogP contribution in [0, 0.1) is 0 Å². The maximum Gasteiger partial charge on any atom is 0.330 e. The first kappa shape index (κ1) is 14.2. The highest BCUT2D eigenvalue weighted by atomic mass is 16.6. The summed E-state index contributed by atoms with van der Waals surface area (Å²) in [4.78, 5) is 22.3. The van der Waals surface area contributed by atoms with Crippen molar-refractivity contribution in [2.75, 3.05) is 0 Å². The second-order valence-electron chi connectivity index (χ2n) is 3.72. The number of ether oxygens (including phenoxy) is 3. The zero-order chi connectivity index (χ0) is 13.7. The summed E-state index contributed by atoms with van der Waals surface area (Å²) in [6.07, 6.45) is 1.44. The molecule has 98 valence electrons. The van der Waals surface area contributed by atoms with Crippen LogP contribution in [0.25, 0.3) is 0 Å². The fraction of sp³-hybridized carbons (Fsp3) is 0.385.